The Labute approximate surface area is 293 Å². The molecule has 0 saturated carbocycles. The average molecular weight is 651 g/mol. The Bertz CT molecular complexity index is 3100. The minimum atomic E-state index is 0.889. The van der Waals surface area contributed by atoms with Crippen molar-refractivity contribution in [3.63, 3.8) is 0 Å². The van der Waals surface area contributed by atoms with Gasteiger partial charge in [-0.1, -0.05) is 133 Å². The first-order chi connectivity index (χ1) is 25.3. The molecule has 8 aromatic carbocycles. The number of benzene rings is 8. The van der Waals surface area contributed by atoms with Crippen LogP contribution in [0.1, 0.15) is 0 Å². The third-order valence-electron chi connectivity index (χ3n) is 10.5. The second-order valence-electron chi connectivity index (χ2n) is 13.3. The number of hydrogen-bond donors (Lipinski definition) is 0. The zero-order chi connectivity index (χ0) is 33.5. The minimum Gasteiger partial charge on any atom is -0.456 e. The van der Waals surface area contributed by atoms with Gasteiger partial charge in [-0.25, -0.2) is 0 Å². The number of rotatable bonds is 4. The van der Waals surface area contributed by atoms with E-state index in [4.69, 9.17) is 4.42 Å². The van der Waals surface area contributed by atoms with Gasteiger partial charge in [0, 0.05) is 44.1 Å². The van der Waals surface area contributed by atoms with Crippen molar-refractivity contribution in [1.82, 2.24) is 9.13 Å². The molecule has 0 saturated heterocycles. The summed E-state index contributed by atoms with van der Waals surface area (Å²) in [5.74, 6) is 0. The van der Waals surface area contributed by atoms with Gasteiger partial charge in [-0.2, -0.15) is 0 Å². The van der Waals surface area contributed by atoms with Crippen LogP contribution in [0.15, 0.2) is 186 Å². The van der Waals surface area contributed by atoms with Gasteiger partial charge in [0.2, 0.25) is 0 Å². The molecule has 3 nitrogen and oxygen atoms in total. The third-order valence-corrected chi connectivity index (χ3v) is 10.5. The summed E-state index contributed by atoms with van der Waals surface area (Å²) in [5.41, 5.74) is 13.6. The highest BCUT2D eigenvalue weighted by Gasteiger charge is 2.21. The zero-order valence-corrected chi connectivity index (χ0v) is 27.6. The normalized spacial score (nSPS) is 11.9. The molecule has 0 spiro atoms. The Morgan fingerprint density at radius 2 is 0.725 bits per heavy atom. The molecule has 3 heterocycles. The maximum Gasteiger partial charge on any atom is 0.137 e. The van der Waals surface area contributed by atoms with Crippen molar-refractivity contribution in [3.05, 3.63) is 182 Å². The second kappa shape index (κ2) is 10.8. The molecule has 0 amide bonds. The predicted molar refractivity (Wildman–Crippen MR) is 213 cm³/mol. The molecule has 0 unspecified atom stereocenters. The molecule has 51 heavy (non-hydrogen) atoms. The Hall–Kier alpha value is -6.84. The summed E-state index contributed by atoms with van der Waals surface area (Å²) in [6.45, 7) is 0. The van der Waals surface area contributed by atoms with Gasteiger partial charge in [0.05, 0.1) is 27.8 Å². The molecule has 3 heteroatoms. The fourth-order valence-electron chi connectivity index (χ4n) is 8.18. The molecule has 0 radical (unpaired) electrons. The number of hydrogen-bond acceptors (Lipinski definition) is 1. The monoisotopic (exact) mass is 650 g/mol. The van der Waals surface area contributed by atoms with Crippen molar-refractivity contribution >= 4 is 65.6 Å². The summed E-state index contributed by atoms with van der Waals surface area (Å²) in [6, 6.07) is 65.5. The molecule has 11 rings (SSSR count). The van der Waals surface area contributed by atoms with Crippen LogP contribution in [-0.2, 0) is 0 Å². The van der Waals surface area contributed by atoms with Crippen molar-refractivity contribution in [1.29, 1.82) is 0 Å². The van der Waals surface area contributed by atoms with Crippen LogP contribution in [0.25, 0.3) is 99.2 Å². The number of aromatic nitrogens is 2. The molecule has 0 N–H and O–H groups in total. The second-order valence-corrected chi connectivity index (χ2v) is 13.3. The Morgan fingerprint density at radius 3 is 1.35 bits per heavy atom. The highest BCUT2D eigenvalue weighted by molar-refractivity contribution is 6.24. The molecule has 0 fully saturated rings. The van der Waals surface area contributed by atoms with E-state index in [0.29, 0.717) is 0 Å². The highest BCUT2D eigenvalue weighted by Crippen LogP contribution is 2.42. The van der Waals surface area contributed by atoms with Crippen LogP contribution in [0.4, 0.5) is 0 Å². The third kappa shape index (κ3) is 4.19. The first kappa shape index (κ1) is 28.0. The van der Waals surface area contributed by atoms with Crippen molar-refractivity contribution in [2.24, 2.45) is 0 Å². The van der Waals surface area contributed by atoms with Gasteiger partial charge in [0.1, 0.15) is 11.2 Å². The molecular formula is C48H30N2O. The summed E-state index contributed by atoms with van der Waals surface area (Å²) in [4.78, 5) is 0. The number of fused-ring (bicyclic) bond motifs is 10. The molecule has 0 atom stereocenters. The van der Waals surface area contributed by atoms with Crippen LogP contribution >= 0.6 is 0 Å². The van der Waals surface area contributed by atoms with Crippen LogP contribution in [0.3, 0.4) is 0 Å². The van der Waals surface area contributed by atoms with E-state index < -0.39 is 0 Å². The molecule has 238 valence electrons. The summed E-state index contributed by atoms with van der Waals surface area (Å²) in [5, 5.41) is 7.18. The van der Waals surface area contributed by atoms with Crippen molar-refractivity contribution in [2.45, 2.75) is 0 Å². The van der Waals surface area contributed by atoms with Gasteiger partial charge in [-0.15, -0.1) is 0 Å². The number of para-hydroxylation sites is 3. The first-order valence-electron chi connectivity index (χ1n) is 17.4. The van der Waals surface area contributed by atoms with E-state index in [0.717, 1.165) is 33.3 Å². The Balaban J connectivity index is 1.14. The SMILES string of the molecule is c1ccc(-c2ccc(-c3ccc(-n4c5ccccc5c5ccc6c7ccccc7n(-c7ccc8c(c7)oc7ccccc78)c6c54)cc3)cc2)cc1. The van der Waals surface area contributed by atoms with Gasteiger partial charge in [-0.3, -0.25) is 0 Å². The molecule has 11 aromatic rings. The molecule has 0 aliphatic carbocycles. The van der Waals surface area contributed by atoms with Crippen LogP contribution < -0.4 is 0 Å². The predicted octanol–water partition coefficient (Wildman–Crippen LogP) is 13.1. The molecule has 0 bridgehead atoms. The van der Waals surface area contributed by atoms with E-state index in [-0.39, 0.29) is 0 Å². The van der Waals surface area contributed by atoms with Gasteiger partial charge < -0.3 is 13.6 Å². The van der Waals surface area contributed by atoms with E-state index in [1.165, 1.54) is 65.9 Å². The first-order valence-corrected chi connectivity index (χ1v) is 17.4. The molecular weight excluding hydrogens is 621 g/mol. The lowest BCUT2D eigenvalue weighted by molar-refractivity contribution is 0.668. The van der Waals surface area contributed by atoms with E-state index in [2.05, 4.69) is 179 Å². The van der Waals surface area contributed by atoms with Crippen LogP contribution in [0.5, 0.6) is 0 Å². The van der Waals surface area contributed by atoms with E-state index in [1.54, 1.807) is 0 Å². The summed E-state index contributed by atoms with van der Waals surface area (Å²) >= 11 is 0. The molecule has 3 aromatic heterocycles. The lowest BCUT2D eigenvalue weighted by Crippen LogP contribution is -1.98. The smallest absolute Gasteiger partial charge is 0.137 e. The maximum atomic E-state index is 6.40. The number of nitrogens with zero attached hydrogens (tertiary/aromatic N) is 2. The van der Waals surface area contributed by atoms with Crippen molar-refractivity contribution < 1.29 is 4.42 Å². The van der Waals surface area contributed by atoms with E-state index in [9.17, 15) is 0 Å². The molecule has 0 aliphatic rings. The zero-order valence-electron chi connectivity index (χ0n) is 27.6. The number of furan rings is 1. The largest absolute Gasteiger partial charge is 0.456 e. The summed E-state index contributed by atoms with van der Waals surface area (Å²) in [6.07, 6.45) is 0. The Kier molecular flexibility index (Phi) is 5.96. The van der Waals surface area contributed by atoms with Crippen LogP contribution in [0.2, 0.25) is 0 Å². The van der Waals surface area contributed by atoms with Crippen molar-refractivity contribution in [2.75, 3.05) is 0 Å². The lowest BCUT2D eigenvalue weighted by atomic mass is 10.0. The summed E-state index contributed by atoms with van der Waals surface area (Å²) < 4.78 is 11.3. The van der Waals surface area contributed by atoms with Gasteiger partial charge in [-0.05, 0) is 64.7 Å². The Morgan fingerprint density at radius 1 is 0.294 bits per heavy atom. The highest BCUT2D eigenvalue weighted by atomic mass is 16.3. The maximum absolute atomic E-state index is 6.40. The fourth-order valence-corrected chi connectivity index (χ4v) is 8.18. The van der Waals surface area contributed by atoms with Gasteiger partial charge in [0.15, 0.2) is 0 Å². The van der Waals surface area contributed by atoms with Gasteiger partial charge >= 0.3 is 0 Å². The van der Waals surface area contributed by atoms with Crippen LogP contribution in [-0.4, -0.2) is 9.13 Å². The summed E-state index contributed by atoms with van der Waals surface area (Å²) in [7, 11) is 0. The van der Waals surface area contributed by atoms with E-state index >= 15 is 0 Å². The van der Waals surface area contributed by atoms with Crippen molar-refractivity contribution in [3.8, 4) is 33.6 Å². The standard InChI is InChI=1S/C48H30N2O/c1-2-10-31(11-3-1)32-18-20-33(21-19-32)34-22-24-35(25-23-34)49-43-15-7-4-12-37(43)41-28-29-42-38-13-5-8-16-44(38)50(48(42)47(41)49)36-26-27-40-39-14-6-9-17-45(39)51-46(40)30-36/h1-30H. The average Bonchev–Trinajstić information content (AvgIpc) is 3.86. The van der Waals surface area contributed by atoms with E-state index in [1.807, 2.05) is 12.1 Å². The molecule has 0 aliphatic heterocycles. The minimum absolute atomic E-state index is 0.889. The lowest BCUT2D eigenvalue weighted by Gasteiger charge is -2.13. The topological polar surface area (TPSA) is 23.0 Å². The van der Waals surface area contributed by atoms with Gasteiger partial charge in [0.25, 0.3) is 0 Å². The fraction of sp³-hybridized carbons (Fsp3) is 0. The van der Waals surface area contributed by atoms with Crippen LogP contribution in [0, 0.1) is 0 Å². The quantitative estimate of drug-likeness (QED) is 0.186.